The number of rotatable bonds is 6. The maximum atomic E-state index is 10.8. The average Bonchev–Trinajstić information content (AvgIpc) is 2.52. The monoisotopic (exact) mass is 286 g/mol. The maximum Gasteiger partial charge on any atom is 0.404 e. The molecule has 2 aromatic rings. The van der Waals surface area contributed by atoms with Gasteiger partial charge < -0.3 is 15.2 Å². The van der Waals surface area contributed by atoms with Crippen LogP contribution >= 0.6 is 0 Å². The van der Waals surface area contributed by atoms with Gasteiger partial charge in [-0.05, 0) is 12.1 Å². The Balaban J connectivity index is 2.06. The topological polar surface area (TPSA) is 88.5 Å². The fraction of sp³-hybridized carbons (Fsp3) is 0.133. The van der Waals surface area contributed by atoms with Crippen molar-refractivity contribution in [1.29, 1.82) is 0 Å². The lowest BCUT2D eigenvalue weighted by molar-refractivity contribution is 0.112. The molecule has 2 N–H and O–H groups in total. The molecule has 0 atom stereocenters. The Hall–Kier alpha value is -2.89. The van der Waals surface area contributed by atoms with Crippen molar-refractivity contribution in [2.75, 3.05) is 13.2 Å². The molecule has 0 fully saturated rings. The summed E-state index contributed by atoms with van der Waals surface area (Å²) in [5.74, 6) is 0.399. The number of benzene rings is 1. The molecule has 0 unspecified atom stereocenters. The second-order valence-corrected chi connectivity index (χ2v) is 4.18. The zero-order valence-corrected chi connectivity index (χ0v) is 11.2. The molecule has 1 amide bonds. The third kappa shape index (κ3) is 4.31. The molecule has 0 saturated heterocycles. The van der Waals surface area contributed by atoms with Crippen molar-refractivity contribution in [2.45, 2.75) is 0 Å². The van der Waals surface area contributed by atoms with Gasteiger partial charge >= 0.3 is 6.09 Å². The summed E-state index contributed by atoms with van der Waals surface area (Å²) >= 11 is 0. The number of nitrogens with one attached hydrogen (secondary N) is 1. The Bertz CT molecular complexity index is 643. The number of aromatic nitrogens is 1. The number of pyridine rings is 1. The molecule has 6 heteroatoms. The number of hydrogen-bond acceptors (Lipinski definition) is 4. The summed E-state index contributed by atoms with van der Waals surface area (Å²) in [6.07, 6.45) is -0.312. The Kier molecular flexibility index (Phi) is 4.87. The van der Waals surface area contributed by atoms with E-state index in [0.717, 1.165) is 11.8 Å². The van der Waals surface area contributed by atoms with E-state index in [4.69, 9.17) is 9.84 Å². The van der Waals surface area contributed by atoms with E-state index in [1.807, 2.05) is 12.1 Å². The SMILES string of the molecule is O=Cc1cccc(-c2cccc(OCCNC(=O)O)n2)c1. The van der Waals surface area contributed by atoms with Crippen LogP contribution in [0.2, 0.25) is 0 Å². The lowest BCUT2D eigenvalue weighted by Crippen LogP contribution is -2.26. The molecule has 1 aromatic heterocycles. The predicted molar refractivity (Wildman–Crippen MR) is 76.6 cm³/mol. The van der Waals surface area contributed by atoms with Gasteiger partial charge in [-0.3, -0.25) is 4.79 Å². The third-order valence-electron chi connectivity index (χ3n) is 2.67. The minimum absolute atomic E-state index is 0.182. The standard InChI is InChI=1S/C15H14N2O4/c18-10-11-3-1-4-12(9-11)13-5-2-6-14(17-13)21-8-7-16-15(19)20/h1-6,9-10,16H,7-8H2,(H,19,20). The molecule has 0 aliphatic heterocycles. The summed E-state index contributed by atoms with van der Waals surface area (Å²) in [5.41, 5.74) is 2.07. The Morgan fingerprint density at radius 1 is 1.29 bits per heavy atom. The fourth-order valence-electron chi connectivity index (χ4n) is 1.74. The molecular formula is C15H14N2O4. The van der Waals surface area contributed by atoms with Crippen LogP contribution < -0.4 is 10.1 Å². The van der Waals surface area contributed by atoms with Gasteiger partial charge in [-0.15, -0.1) is 0 Å². The van der Waals surface area contributed by atoms with Crippen LogP contribution in [0.25, 0.3) is 11.3 Å². The van der Waals surface area contributed by atoms with Crippen LogP contribution in [-0.2, 0) is 0 Å². The van der Waals surface area contributed by atoms with Crippen molar-refractivity contribution < 1.29 is 19.4 Å². The molecule has 6 nitrogen and oxygen atoms in total. The number of ether oxygens (including phenoxy) is 1. The first kappa shape index (κ1) is 14.5. The van der Waals surface area contributed by atoms with Gasteiger partial charge in [-0.1, -0.05) is 24.3 Å². The Morgan fingerprint density at radius 2 is 2.10 bits per heavy atom. The van der Waals surface area contributed by atoms with E-state index in [1.54, 1.807) is 30.3 Å². The van der Waals surface area contributed by atoms with E-state index in [1.165, 1.54) is 0 Å². The van der Waals surface area contributed by atoms with Crippen molar-refractivity contribution in [1.82, 2.24) is 10.3 Å². The molecule has 21 heavy (non-hydrogen) atoms. The molecular weight excluding hydrogens is 272 g/mol. The van der Waals surface area contributed by atoms with Gasteiger partial charge in [0.15, 0.2) is 0 Å². The Morgan fingerprint density at radius 3 is 2.86 bits per heavy atom. The molecule has 0 radical (unpaired) electrons. The van der Waals surface area contributed by atoms with Crippen molar-refractivity contribution in [2.24, 2.45) is 0 Å². The zero-order valence-electron chi connectivity index (χ0n) is 11.2. The van der Waals surface area contributed by atoms with E-state index >= 15 is 0 Å². The van der Waals surface area contributed by atoms with Gasteiger partial charge in [-0.25, -0.2) is 9.78 Å². The number of carbonyl (C=O) groups is 2. The van der Waals surface area contributed by atoms with Gasteiger partial charge in [0.25, 0.3) is 0 Å². The number of nitrogens with zero attached hydrogens (tertiary/aromatic N) is 1. The number of aldehydes is 1. The van der Waals surface area contributed by atoms with Crippen LogP contribution in [0, 0.1) is 0 Å². The van der Waals surface area contributed by atoms with Crippen LogP contribution in [0.1, 0.15) is 10.4 Å². The Labute approximate surface area is 121 Å². The lowest BCUT2D eigenvalue weighted by Gasteiger charge is -2.07. The first-order chi connectivity index (χ1) is 10.2. The summed E-state index contributed by atoms with van der Waals surface area (Å²) < 4.78 is 5.37. The minimum Gasteiger partial charge on any atom is -0.476 e. The van der Waals surface area contributed by atoms with E-state index in [-0.39, 0.29) is 13.2 Å². The van der Waals surface area contributed by atoms with Crippen molar-refractivity contribution in [3.8, 4) is 17.1 Å². The van der Waals surface area contributed by atoms with Crippen molar-refractivity contribution >= 4 is 12.4 Å². The van der Waals surface area contributed by atoms with E-state index in [0.29, 0.717) is 17.1 Å². The number of hydrogen-bond donors (Lipinski definition) is 2. The van der Waals surface area contributed by atoms with Gasteiger partial charge in [-0.2, -0.15) is 0 Å². The maximum absolute atomic E-state index is 10.8. The molecule has 108 valence electrons. The van der Waals surface area contributed by atoms with Crippen LogP contribution in [0.4, 0.5) is 4.79 Å². The van der Waals surface area contributed by atoms with Gasteiger partial charge in [0.2, 0.25) is 5.88 Å². The molecule has 0 aliphatic rings. The molecule has 1 aromatic carbocycles. The van der Waals surface area contributed by atoms with Crippen molar-refractivity contribution in [3.63, 3.8) is 0 Å². The van der Waals surface area contributed by atoms with E-state index in [2.05, 4.69) is 10.3 Å². The zero-order chi connectivity index (χ0) is 15.1. The van der Waals surface area contributed by atoms with E-state index in [9.17, 15) is 9.59 Å². The number of amides is 1. The van der Waals surface area contributed by atoms with Gasteiger partial charge in [0.05, 0.1) is 12.2 Å². The third-order valence-corrected chi connectivity index (χ3v) is 2.67. The van der Waals surface area contributed by atoms with Crippen LogP contribution in [0.5, 0.6) is 5.88 Å². The number of carboxylic acid groups (broad SMARTS) is 1. The minimum atomic E-state index is -1.09. The molecule has 0 aliphatic carbocycles. The molecule has 1 heterocycles. The van der Waals surface area contributed by atoms with Crippen LogP contribution in [0.15, 0.2) is 42.5 Å². The first-order valence-corrected chi connectivity index (χ1v) is 6.31. The molecule has 2 rings (SSSR count). The highest BCUT2D eigenvalue weighted by molar-refractivity contribution is 5.78. The quantitative estimate of drug-likeness (QED) is 0.628. The van der Waals surface area contributed by atoms with Crippen molar-refractivity contribution in [3.05, 3.63) is 48.0 Å². The second-order valence-electron chi connectivity index (χ2n) is 4.18. The van der Waals surface area contributed by atoms with Gasteiger partial charge in [0, 0.05) is 17.2 Å². The van der Waals surface area contributed by atoms with Crippen LogP contribution in [0.3, 0.4) is 0 Å². The molecule has 0 bridgehead atoms. The molecule has 0 spiro atoms. The smallest absolute Gasteiger partial charge is 0.404 e. The molecule has 0 saturated carbocycles. The highest BCUT2D eigenvalue weighted by atomic mass is 16.5. The normalized spacial score (nSPS) is 9.90. The summed E-state index contributed by atoms with van der Waals surface area (Å²) in [4.78, 5) is 25.4. The second kappa shape index (κ2) is 7.04. The summed E-state index contributed by atoms with van der Waals surface area (Å²) in [7, 11) is 0. The number of carbonyl (C=O) groups excluding carboxylic acids is 1. The summed E-state index contributed by atoms with van der Waals surface area (Å²) in [6.45, 7) is 0.374. The summed E-state index contributed by atoms with van der Waals surface area (Å²) in [5, 5.41) is 10.6. The fourth-order valence-corrected chi connectivity index (χ4v) is 1.74. The predicted octanol–water partition coefficient (Wildman–Crippen LogP) is 2.21. The van der Waals surface area contributed by atoms with E-state index < -0.39 is 6.09 Å². The average molecular weight is 286 g/mol. The first-order valence-electron chi connectivity index (χ1n) is 6.31. The largest absolute Gasteiger partial charge is 0.476 e. The van der Waals surface area contributed by atoms with Gasteiger partial charge in [0.1, 0.15) is 12.9 Å². The van der Waals surface area contributed by atoms with Crippen LogP contribution in [-0.4, -0.2) is 35.6 Å². The lowest BCUT2D eigenvalue weighted by atomic mass is 10.1. The highest BCUT2D eigenvalue weighted by Crippen LogP contribution is 2.20. The highest BCUT2D eigenvalue weighted by Gasteiger charge is 2.03. The summed E-state index contributed by atoms with van der Waals surface area (Å²) in [6, 6.07) is 12.4.